The van der Waals surface area contributed by atoms with Crippen LogP contribution in [-0.4, -0.2) is 79.9 Å². The molecule has 9 nitrogen and oxygen atoms in total. The minimum absolute atomic E-state index is 0.238. The summed E-state index contributed by atoms with van der Waals surface area (Å²) in [7, 11) is 0. The molecule has 0 spiro atoms. The molecule has 0 aliphatic carbocycles. The normalized spacial score (nSPS) is 19.3. The predicted octanol–water partition coefficient (Wildman–Crippen LogP) is 3.39. The number of carboxylic acid groups (broad SMARTS) is 2. The van der Waals surface area contributed by atoms with Gasteiger partial charge in [0.25, 0.3) is 0 Å². The Morgan fingerprint density at radius 1 is 1.11 bits per heavy atom. The molecule has 1 aromatic heterocycles. The lowest BCUT2D eigenvalue weighted by atomic mass is 9.81. The molecular formula is C28H38N2O7. The zero-order valence-electron chi connectivity index (χ0n) is 21.3. The van der Waals surface area contributed by atoms with Crippen LogP contribution in [0, 0.1) is 11.8 Å². The highest BCUT2D eigenvalue weighted by molar-refractivity contribution is 6.07. The lowest BCUT2D eigenvalue weighted by Gasteiger charge is -2.37. The molecular weight excluding hydrogens is 476 g/mol. The molecule has 1 fully saturated rings. The maximum Gasteiger partial charge on any atom is 0.335 e. The molecule has 0 bridgehead atoms. The van der Waals surface area contributed by atoms with Crippen molar-refractivity contribution >= 4 is 28.6 Å². The minimum Gasteiger partial charge on any atom is -0.479 e. The highest BCUT2D eigenvalue weighted by atomic mass is 16.4. The Morgan fingerprint density at radius 3 is 2.41 bits per heavy atom. The number of hydrogen-bond acceptors (Lipinski definition) is 7. The number of Topliss-reactive ketones (excluding diaryl/α,β-unsaturated/α-hetero) is 1. The Hall–Kier alpha value is -3.14. The number of aliphatic hydroxyl groups excluding tert-OH is 2. The van der Waals surface area contributed by atoms with E-state index in [9.17, 15) is 14.4 Å². The largest absolute Gasteiger partial charge is 0.479 e. The molecule has 2 heterocycles. The van der Waals surface area contributed by atoms with Gasteiger partial charge in [0.1, 0.15) is 0 Å². The molecule has 202 valence electrons. The monoisotopic (exact) mass is 514 g/mol. The van der Waals surface area contributed by atoms with Crippen LogP contribution in [0.2, 0.25) is 0 Å². The average Bonchev–Trinajstić information content (AvgIpc) is 2.91. The highest BCUT2D eigenvalue weighted by Gasteiger charge is 2.29. The molecule has 0 amide bonds. The average molecular weight is 515 g/mol. The molecule has 1 aliphatic heterocycles. The molecule has 1 aromatic carbocycles. The van der Waals surface area contributed by atoms with E-state index in [2.05, 4.69) is 29.5 Å². The van der Waals surface area contributed by atoms with Crippen LogP contribution < -0.4 is 0 Å². The summed E-state index contributed by atoms with van der Waals surface area (Å²) in [5, 5.41) is 33.5. The van der Waals surface area contributed by atoms with Crippen LogP contribution in [0.4, 0.5) is 0 Å². The van der Waals surface area contributed by atoms with Gasteiger partial charge in [0.15, 0.2) is 18.0 Å². The van der Waals surface area contributed by atoms with Crippen molar-refractivity contribution in [2.45, 2.75) is 57.7 Å². The van der Waals surface area contributed by atoms with E-state index in [1.165, 1.54) is 32.2 Å². The molecule has 1 aliphatic rings. The maximum absolute atomic E-state index is 12.9. The predicted molar refractivity (Wildman–Crippen MR) is 140 cm³/mol. The lowest BCUT2D eigenvalue weighted by Crippen LogP contribution is -2.40. The topological polar surface area (TPSA) is 148 Å². The summed E-state index contributed by atoms with van der Waals surface area (Å²) in [6.45, 7) is 9.78. The number of rotatable bonds is 12. The number of pyridine rings is 1. The summed E-state index contributed by atoms with van der Waals surface area (Å²) in [5.74, 6) is -2.23. The number of unbranched alkanes of at least 4 members (excludes halogenated alkanes) is 2. The Bertz CT molecular complexity index is 1030. The fourth-order valence-electron chi connectivity index (χ4n) is 4.58. The Morgan fingerprint density at radius 2 is 1.78 bits per heavy atom. The summed E-state index contributed by atoms with van der Waals surface area (Å²) in [6, 6.07) is 9.77. The Kier molecular flexibility index (Phi) is 12.4. The second-order valence-corrected chi connectivity index (χ2v) is 9.36. The van der Waals surface area contributed by atoms with Gasteiger partial charge < -0.3 is 25.3 Å². The van der Waals surface area contributed by atoms with Crippen LogP contribution >= 0.6 is 0 Å². The van der Waals surface area contributed by atoms with E-state index < -0.39 is 24.1 Å². The number of nitrogens with zero attached hydrogens (tertiary/aromatic N) is 2. The lowest BCUT2D eigenvalue weighted by molar-refractivity contribution is -0.165. The third-order valence-electron chi connectivity index (χ3n) is 6.77. The van der Waals surface area contributed by atoms with Crippen LogP contribution in [0.15, 0.2) is 49.2 Å². The van der Waals surface area contributed by atoms with Gasteiger partial charge in [-0.2, -0.15) is 0 Å². The zero-order chi connectivity index (χ0) is 27.4. The maximum atomic E-state index is 12.9. The number of ketones is 1. The number of carbonyl (C=O) groups excluding carboxylic acids is 1. The van der Waals surface area contributed by atoms with Crippen molar-refractivity contribution in [1.29, 1.82) is 0 Å². The highest BCUT2D eigenvalue weighted by Crippen LogP contribution is 2.30. The smallest absolute Gasteiger partial charge is 0.335 e. The first-order valence-electron chi connectivity index (χ1n) is 12.7. The van der Waals surface area contributed by atoms with Crippen molar-refractivity contribution in [2.75, 3.05) is 19.6 Å². The van der Waals surface area contributed by atoms with Gasteiger partial charge in [0.2, 0.25) is 0 Å². The second-order valence-electron chi connectivity index (χ2n) is 9.36. The number of aliphatic hydroxyl groups is 2. The van der Waals surface area contributed by atoms with E-state index in [4.69, 9.17) is 20.4 Å². The number of carbonyl (C=O) groups is 3. The van der Waals surface area contributed by atoms with Crippen molar-refractivity contribution < 1.29 is 34.8 Å². The van der Waals surface area contributed by atoms with Crippen LogP contribution in [0.1, 0.15) is 55.8 Å². The van der Waals surface area contributed by atoms with Crippen LogP contribution in [-0.2, 0) is 9.59 Å². The first kappa shape index (κ1) is 30.1. The number of hydrogen-bond donors (Lipinski definition) is 4. The standard InChI is InChI=1S/C24H32N2O.C4H6O6/c1-3-5-8-16-26-17-14-20(19(4-2)18-26)11-12-24(27)22-13-15-25-23-10-7-6-9-21(22)23;5-1(3(7)8)2(6)4(9)10/h4,6-7,9-10,13,15,19-20H,2-3,5,8,11-12,14,16-18H2,1H3;1-2,5-6H,(H,7,8)(H,9,10)/t19-,20+;/m0./s1. The number of carboxylic acids is 2. The van der Waals surface area contributed by atoms with Crippen LogP contribution in [0.25, 0.3) is 10.9 Å². The van der Waals surface area contributed by atoms with E-state index in [1.54, 1.807) is 6.20 Å². The van der Waals surface area contributed by atoms with Gasteiger partial charge >= 0.3 is 11.9 Å². The molecule has 2 aromatic rings. The van der Waals surface area contributed by atoms with E-state index >= 15 is 0 Å². The van der Waals surface area contributed by atoms with Gasteiger partial charge in [0, 0.05) is 30.1 Å². The van der Waals surface area contributed by atoms with Gasteiger partial charge in [-0.3, -0.25) is 9.78 Å². The van der Waals surface area contributed by atoms with Crippen LogP contribution in [0.5, 0.6) is 0 Å². The third-order valence-corrected chi connectivity index (χ3v) is 6.77. The van der Waals surface area contributed by atoms with Crippen molar-refractivity contribution in [3.63, 3.8) is 0 Å². The number of likely N-dealkylation sites (tertiary alicyclic amines) is 1. The van der Waals surface area contributed by atoms with Crippen molar-refractivity contribution in [3.05, 3.63) is 54.7 Å². The molecule has 4 N–H and O–H groups in total. The molecule has 9 heteroatoms. The molecule has 0 radical (unpaired) electrons. The fourth-order valence-corrected chi connectivity index (χ4v) is 4.58. The van der Waals surface area contributed by atoms with E-state index in [0.29, 0.717) is 18.3 Å². The first-order chi connectivity index (χ1) is 17.7. The molecule has 37 heavy (non-hydrogen) atoms. The van der Waals surface area contributed by atoms with Gasteiger partial charge in [0.05, 0.1) is 5.52 Å². The van der Waals surface area contributed by atoms with Gasteiger partial charge in [-0.05, 0) is 56.3 Å². The van der Waals surface area contributed by atoms with Gasteiger partial charge in [-0.15, -0.1) is 6.58 Å². The van der Waals surface area contributed by atoms with E-state index in [-0.39, 0.29) is 5.78 Å². The quantitative estimate of drug-likeness (QED) is 0.190. The SMILES string of the molecule is C=C[C@H]1CN(CCCCC)CC[C@H]1CCC(=O)c1ccnc2ccccc12.O=C(O)C(O)C(O)C(=O)O. The van der Waals surface area contributed by atoms with Crippen molar-refractivity contribution in [2.24, 2.45) is 11.8 Å². The fraction of sp³-hybridized carbons (Fsp3) is 0.500. The summed E-state index contributed by atoms with van der Waals surface area (Å²) in [4.78, 5) is 39.4. The Balaban J connectivity index is 0.000000410. The second kappa shape index (κ2) is 15.2. The number of piperidine rings is 1. The molecule has 3 rings (SSSR count). The first-order valence-corrected chi connectivity index (χ1v) is 12.7. The van der Waals surface area contributed by atoms with Crippen molar-refractivity contribution in [3.8, 4) is 0 Å². The summed E-state index contributed by atoms with van der Waals surface area (Å²) < 4.78 is 0. The number of para-hydroxylation sites is 1. The van der Waals surface area contributed by atoms with Crippen LogP contribution in [0.3, 0.4) is 0 Å². The third kappa shape index (κ3) is 9.03. The van der Waals surface area contributed by atoms with Gasteiger partial charge in [-0.25, -0.2) is 9.59 Å². The summed E-state index contributed by atoms with van der Waals surface area (Å²) in [5.41, 5.74) is 1.71. The summed E-state index contributed by atoms with van der Waals surface area (Å²) >= 11 is 0. The minimum atomic E-state index is -2.27. The van der Waals surface area contributed by atoms with Gasteiger partial charge in [-0.1, -0.05) is 44.0 Å². The number of benzene rings is 1. The summed E-state index contributed by atoms with van der Waals surface area (Å²) in [6.07, 6.45) is 5.94. The van der Waals surface area contributed by atoms with Crippen molar-refractivity contribution in [1.82, 2.24) is 9.88 Å². The number of aromatic nitrogens is 1. The molecule has 0 saturated carbocycles. The van der Waals surface area contributed by atoms with E-state index in [1.807, 2.05) is 30.3 Å². The number of fused-ring (bicyclic) bond motifs is 1. The Labute approximate surface area is 217 Å². The molecule has 4 atom stereocenters. The number of aliphatic carboxylic acids is 2. The zero-order valence-corrected chi connectivity index (χ0v) is 21.3. The molecule has 2 unspecified atom stereocenters. The molecule has 1 saturated heterocycles. The van der Waals surface area contributed by atoms with E-state index in [0.717, 1.165) is 36.0 Å².